The van der Waals surface area contributed by atoms with E-state index in [0.29, 0.717) is 11.4 Å². The molecule has 0 spiro atoms. The van der Waals surface area contributed by atoms with E-state index in [0.717, 1.165) is 11.3 Å². The second-order valence-corrected chi connectivity index (χ2v) is 4.90. The van der Waals surface area contributed by atoms with Crippen LogP contribution in [0.15, 0.2) is 47.2 Å². The predicted octanol–water partition coefficient (Wildman–Crippen LogP) is 2.83. The van der Waals surface area contributed by atoms with Gasteiger partial charge in [0.15, 0.2) is 12.4 Å². The number of ether oxygens (including phenoxy) is 1. The van der Waals surface area contributed by atoms with Crippen LogP contribution >= 0.6 is 0 Å². The molecule has 0 fully saturated rings. The quantitative estimate of drug-likeness (QED) is 0.692. The Morgan fingerprint density at radius 3 is 2.73 bits per heavy atom. The molecule has 22 heavy (non-hydrogen) atoms. The number of carbonyl (C=O) groups is 1. The van der Waals surface area contributed by atoms with Crippen LogP contribution in [-0.4, -0.2) is 20.7 Å². The van der Waals surface area contributed by atoms with Gasteiger partial charge in [-0.25, -0.2) is 4.79 Å². The molecule has 2 heterocycles. The molecular weight excluding hydrogens is 282 g/mol. The SMILES string of the molecule is Cc1noc(COC(=O)c2ccc(C)c(-n3cccc3)c2)n1. The molecule has 6 heteroatoms. The minimum absolute atomic E-state index is 0.0353. The van der Waals surface area contributed by atoms with E-state index in [4.69, 9.17) is 9.26 Å². The Morgan fingerprint density at radius 2 is 2.05 bits per heavy atom. The Balaban J connectivity index is 1.76. The van der Waals surface area contributed by atoms with Gasteiger partial charge in [0.1, 0.15) is 0 Å². The average molecular weight is 297 g/mol. The van der Waals surface area contributed by atoms with E-state index in [2.05, 4.69) is 10.1 Å². The van der Waals surface area contributed by atoms with Crippen LogP contribution in [0.3, 0.4) is 0 Å². The molecule has 0 bridgehead atoms. The second-order valence-electron chi connectivity index (χ2n) is 4.90. The molecule has 0 radical (unpaired) electrons. The zero-order valence-electron chi connectivity index (χ0n) is 12.3. The molecule has 3 rings (SSSR count). The number of nitrogens with zero attached hydrogens (tertiary/aromatic N) is 3. The molecule has 0 unspecified atom stereocenters. The van der Waals surface area contributed by atoms with E-state index in [1.54, 1.807) is 19.1 Å². The van der Waals surface area contributed by atoms with Crippen LogP contribution in [0.2, 0.25) is 0 Å². The van der Waals surface area contributed by atoms with Crippen LogP contribution in [0.25, 0.3) is 5.69 Å². The summed E-state index contributed by atoms with van der Waals surface area (Å²) in [6, 6.07) is 9.30. The van der Waals surface area contributed by atoms with Crippen LogP contribution in [-0.2, 0) is 11.3 Å². The zero-order chi connectivity index (χ0) is 15.5. The fourth-order valence-electron chi connectivity index (χ4n) is 2.12. The third-order valence-electron chi connectivity index (χ3n) is 3.22. The van der Waals surface area contributed by atoms with Crippen molar-refractivity contribution in [1.29, 1.82) is 0 Å². The topological polar surface area (TPSA) is 70.2 Å². The number of aromatic nitrogens is 3. The molecule has 1 aromatic carbocycles. The van der Waals surface area contributed by atoms with Gasteiger partial charge in [0.25, 0.3) is 5.89 Å². The van der Waals surface area contributed by atoms with E-state index in [9.17, 15) is 4.79 Å². The third-order valence-corrected chi connectivity index (χ3v) is 3.22. The summed E-state index contributed by atoms with van der Waals surface area (Å²) in [6.45, 7) is 3.66. The largest absolute Gasteiger partial charge is 0.452 e. The summed E-state index contributed by atoms with van der Waals surface area (Å²) in [5, 5.41) is 3.65. The number of carbonyl (C=O) groups excluding carboxylic acids is 1. The smallest absolute Gasteiger partial charge is 0.338 e. The summed E-state index contributed by atoms with van der Waals surface area (Å²) in [5.41, 5.74) is 2.49. The lowest BCUT2D eigenvalue weighted by Gasteiger charge is -2.09. The maximum atomic E-state index is 12.1. The number of hydrogen-bond donors (Lipinski definition) is 0. The Kier molecular flexibility index (Phi) is 3.74. The van der Waals surface area contributed by atoms with Crippen molar-refractivity contribution in [3.63, 3.8) is 0 Å². The summed E-state index contributed by atoms with van der Waals surface area (Å²) in [4.78, 5) is 16.1. The molecule has 0 N–H and O–H groups in total. The monoisotopic (exact) mass is 297 g/mol. The van der Waals surface area contributed by atoms with E-state index >= 15 is 0 Å². The molecule has 0 saturated heterocycles. The van der Waals surface area contributed by atoms with Crippen LogP contribution < -0.4 is 0 Å². The lowest BCUT2D eigenvalue weighted by Crippen LogP contribution is -2.07. The van der Waals surface area contributed by atoms with Gasteiger partial charge in [0, 0.05) is 18.1 Å². The van der Waals surface area contributed by atoms with E-state index in [-0.39, 0.29) is 12.5 Å². The number of esters is 1. The molecule has 0 atom stereocenters. The average Bonchev–Trinajstić information content (AvgIpc) is 3.17. The molecule has 0 aliphatic heterocycles. The van der Waals surface area contributed by atoms with Crippen LogP contribution in [0.5, 0.6) is 0 Å². The van der Waals surface area contributed by atoms with E-state index in [1.807, 2.05) is 42.1 Å². The van der Waals surface area contributed by atoms with Crippen molar-refractivity contribution >= 4 is 5.97 Å². The summed E-state index contributed by atoms with van der Waals surface area (Å²) in [5.74, 6) is 0.365. The Hall–Kier alpha value is -2.89. The summed E-state index contributed by atoms with van der Waals surface area (Å²) in [6.07, 6.45) is 3.86. The highest BCUT2D eigenvalue weighted by Crippen LogP contribution is 2.17. The first-order valence-corrected chi connectivity index (χ1v) is 6.84. The third kappa shape index (κ3) is 2.90. The molecule has 6 nitrogen and oxygen atoms in total. The van der Waals surface area contributed by atoms with Crippen molar-refractivity contribution < 1.29 is 14.1 Å². The number of aryl methyl sites for hydroxylation is 2. The number of rotatable bonds is 4. The van der Waals surface area contributed by atoms with Crippen LogP contribution in [0.4, 0.5) is 0 Å². The predicted molar refractivity (Wildman–Crippen MR) is 78.7 cm³/mol. The maximum absolute atomic E-state index is 12.1. The highest BCUT2D eigenvalue weighted by atomic mass is 16.6. The summed E-state index contributed by atoms with van der Waals surface area (Å²) >= 11 is 0. The van der Waals surface area contributed by atoms with Gasteiger partial charge in [-0.15, -0.1) is 0 Å². The second kappa shape index (κ2) is 5.85. The van der Waals surface area contributed by atoms with Crippen molar-refractivity contribution in [3.8, 4) is 5.69 Å². The van der Waals surface area contributed by atoms with Gasteiger partial charge in [-0.05, 0) is 43.7 Å². The molecule has 2 aromatic heterocycles. The standard InChI is InChI=1S/C16H15N3O3/c1-11-5-6-13(9-14(11)19-7-3-4-8-19)16(20)21-10-15-17-12(2)18-22-15/h3-9H,10H2,1-2H3. The molecule has 0 aliphatic rings. The van der Waals surface area contributed by atoms with Crippen LogP contribution in [0, 0.1) is 13.8 Å². The van der Waals surface area contributed by atoms with Gasteiger partial charge in [-0.3, -0.25) is 0 Å². The first-order valence-electron chi connectivity index (χ1n) is 6.84. The molecule has 3 aromatic rings. The normalized spacial score (nSPS) is 10.6. The molecule has 112 valence electrons. The van der Waals surface area contributed by atoms with Gasteiger partial charge >= 0.3 is 5.97 Å². The van der Waals surface area contributed by atoms with E-state index < -0.39 is 5.97 Å². The Morgan fingerprint density at radius 1 is 1.27 bits per heavy atom. The van der Waals surface area contributed by atoms with Gasteiger partial charge in [-0.2, -0.15) is 4.98 Å². The van der Waals surface area contributed by atoms with Crippen molar-refractivity contribution in [1.82, 2.24) is 14.7 Å². The lowest BCUT2D eigenvalue weighted by molar-refractivity contribution is 0.0430. The zero-order valence-corrected chi connectivity index (χ0v) is 12.3. The highest BCUT2D eigenvalue weighted by Gasteiger charge is 2.12. The minimum Gasteiger partial charge on any atom is -0.452 e. The molecular formula is C16H15N3O3. The van der Waals surface area contributed by atoms with Gasteiger partial charge < -0.3 is 13.8 Å². The minimum atomic E-state index is -0.427. The van der Waals surface area contributed by atoms with Gasteiger partial charge in [0.05, 0.1) is 5.56 Å². The summed E-state index contributed by atoms with van der Waals surface area (Å²) in [7, 11) is 0. The molecule has 0 saturated carbocycles. The fraction of sp³-hybridized carbons (Fsp3) is 0.188. The molecule has 0 aliphatic carbocycles. The first-order chi connectivity index (χ1) is 10.6. The fourth-order valence-corrected chi connectivity index (χ4v) is 2.12. The molecule has 0 amide bonds. The number of hydrogen-bond acceptors (Lipinski definition) is 5. The van der Waals surface area contributed by atoms with E-state index in [1.165, 1.54) is 0 Å². The van der Waals surface area contributed by atoms with Crippen molar-refractivity contribution in [2.24, 2.45) is 0 Å². The summed E-state index contributed by atoms with van der Waals surface area (Å²) < 4.78 is 12.1. The van der Waals surface area contributed by atoms with Crippen molar-refractivity contribution in [3.05, 3.63) is 65.6 Å². The highest BCUT2D eigenvalue weighted by molar-refractivity contribution is 5.90. The van der Waals surface area contributed by atoms with Crippen molar-refractivity contribution in [2.75, 3.05) is 0 Å². The Labute approximate surface area is 127 Å². The number of benzene rings is 1. The Bertz CT molecular complexity index is 791. The maximum Gasteiger partial charge on any atom is 0.338 e. The van der Waals surface area contributed by atoms with Gasteiger partial charge in [0.2, 0.25) is 0 Å². The van der Waals surface area contributed by atoms with Crippen molar-refractivity contribution in [2.45, 2.75) is 20.5 Å². The van der Waals surface area contributed by atoms with Gasteiger partial charge in [-0.1, -0.05) is 11.2 Å². The first kappa shape index (κ1) is 14.1. The lowest BCUT2D eigenvalue weighted by atomic mass is 10.1. The van der Waals surface area contributed by atoms with Crippen LogP contribution in [0.1, 0.15) is 27.6 Å².